The normalized spacial score (nSPS) is 23.1. The Hall–Kier alpha value is -0.780. The maximum absolute atomic E-state index is 4.33. The van der Waals surface area contributed by atoms with E-state index in [0.29, 0.717) is 11.8 Å². The van der Waals surface area contributed by atoms with Gasteiger partial charge in [0.1, 0.15) is 0 Å². The molecule has 2 rings (SSSR count). The zero-order valence-corrected chi connectivity index (χ0v) is 15.0. The summed E-state index contributed by atoms with van der Waals surface area (Å²) >= 11 is 0. The second-order valence-corrected chi connectivity index (χ2v) is 5.22. The second kappa shape index (κ2) is 8.49. The molecule has 1 aliphatic heterocycles. The van der Waals surface area contributed by atoms with Crippen LogP contribution in [0.2, 0.25) is 0 Å². The first kappa shape index (κ1) is 17.3. The molecule has 1 fully saturated rings. The van der Waals surface area contributed by atoms with Gasteiger partial charge in [-0.2, -0.15) is 0 Å². The summed E-state index contributed by atoms with van der Waals surface area (Å²) in [7, 11) is 3.81. The largest absolute Gasteiger partial charge is 0.359 e. The van der Waals surface area contributed by atoms with Crippen LogP contribution in [0.4, 0.5) is 0 Å². The molecule has 2 unspecified atom stereocenters. The highest BCUT2D eigenvalue weighted by Gasteiger charge is 2.30. The van der Waals surface area contributed by atoms with Gasteiger partial charge in [0.15, 0.2) is 5.96 Å². The van der Waals surface area contributed by atoms with E-state index in [1.54, 1.807) is 0 Å². The van der Waals surface area contributed by atoms with Crippen molar-refractivity contribution in [1.82, 2.24) is 10.2 Å². The molecular weight excluding hydrogens is 361 g/mol. The third-order valence-corrected chi connectivity index (χ3v) is 4.22. The number of likely N-dealkylation sites (tertiary alicyclic amines) is 1. The SMILES string of the molecule is CCC1CN(C(=NC)NC)CCC1c1ccccc1.I. The highest BCUT2D eigenvalue weighted by Crippen LogP contribution is 2.34. The zero-order valence-electron chi connectivity index (χ0n) is 12.7. The first-order valence-electron chi connectivity index (χ1n) is 7.24. The Morgan fingerprint density at radius 3 is 2.60 bits per heavy atom. The van der Waals surface area contributed by atoms with Crippen molar-refractivity contribution < 1.29 is 0 Å². The molecule has 1 N–H and O–H groups in total. The molecule has 0 saturated carbocycles. The van der Waals surface area contributed by atoms with Crippen molar-refractivity contribution in [2.75, 3.05) is 27.2 Å². The summed E-state index contributed by atoms with van der Waals surface area (Å²) in [5.41, 5.74) is 1.49. The van der Waals surface area contributed by atoms with Gasteiger partial charge < -0.3 is 10.2 Å². The monoisotopic (exact) mass is 387 g/mol. The molecule has 4 heteroatoms. The van der Waals surface area contributed by atoms with E-state index in [4.69, 9.17) is 0 Å². The maximum Gasteiger partial charge on any atom is 0.193 e. The van der Waals surface area contributed by atoms with Crippen molar-refractivity contribution in [2.24, 2.45) is 10.9 Å². The molecule has 0 aromatic heterocycles. The summed E-state index contributed by atoms with van der Waals surface area (Å²) in [4.78, 5) is 6.71. The Labute approximate surface area is 139 Å². The number of nitrogens with zero attached hydrogens (tertiary/aromatic N) is 2. The van der Waals surface area contributed by atoms with Gasteiger partial charge in [0.2, 0.25) is 0 Å². The summed E-state index contributed by atoms with van der Waals surface area (Å²) in [6.45, 7) is 4.49. The van der Waals surface area contributed by atoms with Crippen LogP contribution in [-0.2, 0) is 0 Å². The molecular formula is C16H26IN3. The molecule has 1 aromatic rings. The highest BCUT2D eigenvalue weighted by atomic mass is 127. The van der Waals surface area contributed by atoms with Gasteiger partial charge in [-0.1, -0.05) is 43.7 Å². The Kier molecular flexibility index (Phi) is 7.34. The van der Waals surface area contributed by atoms with E-state index < -0.39 is 0 Å². The molecule has 20 heavy (non-hydrogen) atoms. The molecule has 0 bridgehead atoms. The van der Waals surface area contributed by atoms with Crippen LogP contribution in [0.25, 0.3) is 0 Å². The number of halogens is 1. The number of nitrogens with one attached hydrogen (secondary N) is 1. The smallest absolute Gasteiger partial charge is 0.193 e. The van der Waals surface area contributed by atoms with Crippen molar-refractivity contribution in [3.05, 3.63) is 35.9 Å². The Morgan fingerprint density at radius 1 is 1.35 bits per heavy atom. The number of benzene rings is 1. The van der Waals surface area contributed by atoms with E-state index >= 15 is 0 Å². The van der Waals surface area contributed by atoms with Crippen LogP contribution in [0.15, 0.2) is 35.3 Å². The minimum absolute atomic E-state index is 0. The standard InChI is InChI=1S/C16H25N3.HI/c1-4-13-12-19(16(17-2)18-3)11-10-15(13)14-8-6-5-7-9-14;/h5-9,13,15H,4,10-12H2,1-3H3,(H,17,18);1H. The van der Waals surface area contributed by atoms with Crippen molar-refractivity contribution in [1.29, 1.82) is 0 Å². The van der Waals surface area contributed by atoms with Crippen LogP contribution in [-0.4, -0.2) is 38.0 Å². The number of piperidine rings is 1. The fourth-order valence-corrected chi connectivity index (χ4v) is 3.19. The van der Waals surface area contributed by atoms with E-state index in [1.807, 2.05) is 14.1 Å². The van der Waals surface area contributed by atoms with Crippen LogP contribution in [0.3, 0.4) is 0 Å². The first-order valence-corrected chi connectivity index (χ1v) is 7.24. The second-order valence-electron chi connectivity index (χ2n) is 5.22. The lowest BCUT2D eigenvalue weighted by Gasteiger charge is -2.39. The summed E-state index contributed by atoms with van der Waals surface area (Å²) in [6, 6.07) is 11.0. The fraction of sp³-hybridized carbons (Fsp3) is 0.562. The molecule has 2 atom stereocenters. The molecule has 0 spiro atoms. The summed E-state index contributed by atoms with van der Waals surface area (Å²) in [6.07, 6.45) is 2.43. The molecule has 0 aliphatic carbocycles. The van der Waals surface area contributed by atoms with E-state index in [9.17, 15) is 0 Å². The number of hydrogen-bond donors (Lipinski definition) is 1. The highest BCUT2D eigenvalue weighted by molar-refractivity contribution is 14.0. The zero-order chi connectivity index (χ0) is 13.7. The Balaban J connectivity index is 0.00000200. The van der Waals surface area contributed by atoms with Gasteiger partial charge in [-0.05, 0) is 23.8 Å². The molecule has 1 aliphatic rings. The van der Waals surface area contributed by atoms with E-state index in [-0.39, 0.29) is 24.0 Å². The topological polar surface area (TPSA) is 27.6 Å². The van der Waals surface area contributed by atoms with E-state index in [0.717, 1.165) is 19.0 Å². The van der Waals surface area contributed by atoms with E-state index in [1.165, 1.54) is 18.4 Å². The van der Waals surface area contributed by atoms with Gasteiger partial charge >= 0.3 is 0 Å². The fourth-order valence-electron chi connectivity index (χ4n) is 3.19. The summed E-state index contributed by atoms with van der Waals surface area (Å²) < 4.78 is 0. The lowest BCUT2D eigenvalue weighted by atomic mass is 9.79. The molecule has 1 heterocycles. The molecule has 3 nitrogen and oxygen atoms in total. The third kappa shape index (κ3) is 3.87. The predicted octanol–water partition coefficient (Wildman–Crippen LogP) is 3.33. The van der Waals surface area contributed by atoms with Gasteiger partial charge in [0, 0.05) is 27.2 Å². The number of hydrogen-bond acceptors (Lipinski definition) is 1. The average molecular weight is 387 g/mol. The number of aliphatic imine (C=N–C) groups is 1. The van der Waals surface area contributed by atoms with Crippen LogP contribution >= 0.6 is 24.0 Å². The van der Waals surface area contributed by atoms with Crippen molar-refractivity contribution in [2.45, 2.75) is 25.7 Å². The van der Waals surface area contributed by atoms with Crippen LogP contribution in [0.5, 0.6) is 0 Å². The maximum atomic E-state index is 4.33. The van der Waals surface area contributed by atoms with Gasteiger partial charge in [0.05, 0.1) is 0 Å². The van der Waals surface area contributed by atoms with Crippen molar-refractivity contribution >= 4 is 29.9 Å². The molecule has 1 saturated heterocycles. The van der Waals surface area contributed by atoms with Crippen LogP contribution in [0.1, 0.15) is 31.2 Å². The van der Waals surface area contributed by atoms with Crippen molar-refractivity contribution in [3.63, 3.8) is 0 Å². The van der Waals surface area contributed by atoms with Crippen molar-refractivity contribution in [3.8, 4) is 0 Å². The summed E-state index contributed by atoms with van der Waals surface area (Å²) in [5, 5.41) is 3.20. The van der Waals surface area contributed by atoms with Gasteiger partial charge in [-0.15, -0.1) is 24.0 Å². The average Bonchev–Trinajstić information content (AvgIpc) is 2.49. The summed E-state index contributed by atoms with van der Waals surface area (Å²) in [5.74, 6) is 2.42. The third-order valence-electron chi connectivity index (χ3n) is 4.22. The number of guanidine groups is 1. The van der Waals surface area contributed by atoms with Crippen LogP contribution < -0.4 is 5.32 Å². The van der Waals surface area contributed by atoms with E-state index in [2.05, 4.69) is 52.5 Å². The molecule has 1 aromatic carbocycles. The Bertz CT molecular complexity index is 419. The predicted molar refractivity (Wildman–Crippen MR) is 97.0 cm³/mol. The molecule has 112 valence electrons. The lowest BCUT2D eigenvalue weighted by Crippen LogP contribution is -2.47. The lowest BCUT2D eigenvalue weighted by molar-refractivity contribution is 0.216. The minimum Gasteiger partial charge on any atom is -0.359 e. The van der Waals surface area contributed by atoms with Gasteiger partial charge in [0.25, 0.3) is 0 Å². The Morgan fingerprint density at radius 2 is 2.05 bits per heavy atom. The minimum atomic E-state index is 0. The molecule has 0 amide bonds. The molecule has 0 radical (unpaired) electrons. The van der Waals surface area contributed by atoms with Crippen LogP contribution in [0, 0.1) is 5.92 Å². The van der Waals surface area contributed by atoms with Gasteiger partial charge in [-0.3, -0.25) is 4.99 Å². The first-order chi connectivity index (χ1) is 9.30. The quantitative estimate of drug-likeness (QED) is 0.479. The van der Waals surface area contributed by atoms with Gasteiger partial charge in [-0.25, -0.2) is 0 Å². The number of rotatable bonds is 2.